The van der Waals surface area contributed by atoms with E-state index in [-0.39, 0.29) is 36.4 Å². The molecule has 0 unspecified atom stereocenters. The molecule has 3 aromatic rings. The number of hydrogen-bond acceptors (Lipinski definition) is 7. The van der Waals surface area contributed by atoms with Crippen LogP contribution in [0, 0.1) is 10.1 Å². The number of rotatable bonds is 7. The van der Waals surface area contributed by atoms with Gasteiger partial charge in [-0.25, -0.2) is 4.98 Å². The van der Waals surface area contributed by atoms with Crippen molar-refractivity contribution in [1.29, 1.82) is 0 Å². The Morgan fingerprint density at radius 1 is 1.10 bits per heavy atom. The van der Waals surface area contributed by atoms with E-state index in [1.807, 2.05) is 0 Å². The zero-order valence-electron chi connectivity index (χ0n) is 16.1. The lowest BCUT2D eigenvalue weighted by Gasteiger charge is -2.13. The van der Waals surface area contributed by atoms with Crippen molar-refractivity contribution in [3.63, 3.8) is 0 Å². The van der Waals surface area contributed by atoms with E-state index in [1.165, 1.54) is 23.5 Å². The van der Waals surface area contributed by atoms with Crippen LogP contribution in [0.1, 0.15) is 33.6 Å². The summed E-state index contributed by atoms with van der Waals surface area (Å²) in [6.45, 7) is 0.149. The van der Waals surface area contributed by atoms with Crippen LogP contribution in [0.15, 0.2) is 53.9 Å². The number of nitro groups is 1. The number of nitro benzene ring substituents is 1. The molecule has 0 saturated heterocycles. The molecule has 156 valence electrons. The Bertz CT molecular complexity index is 1170. The van der Waals surface area contributed by atoms with Crippen molar-refractivity contribution in [3.05, 3.63) is 75.2 Å². The molecule has 1 aromatic heterocycles. The first kappa shape index (κ1) is 20.4. The van der Waals surface area contributed by atoms with Crippen molar-refractivity contribution in [2.75, 3.05) is 11.9 Å². The first-order valence-electron chi connectivity index (χ1n) is 9.39. The SMILES string of the molecule is O=C(CCCN1C(=O)c2ccccc2C1=O)Nc1nc(-c2cccc([N+](=O)[O-])c2)cs1. The average Bonchev–Trinajstić information content (AvgIpc) is 3.33. The number of amides is 3. The van der Waals surface area contributed by atoms with Crippen molar-refractivity contribution in [2.45, 2.75) is 12.8 Å². The van der Waals surface area contributed by atoms with Crippen molar-refractivity contribution < 1.29 is 19.3 Å². The van der Waals surface area contributed by atoms with Crippen LogP contribution in [0.5, 0.6) is 0 Å². The summed E-state index contributed by atoms with van der Waals surface area (Å²) in [6, 6.07) is 12.7. The summed E-state index contributed by atoms with van der Waals surface area (Å²) in [6.07, 6.45) is 0.430. The first-order chi connectivity index (χ1) is 14.9. The average molecular weight is 436 g/mol. The Hall–Kier alpha value is -3.92. The summed E-state index contributed by atoms with van der Waals surface area (Å²) in [5.41, 5.74) is 1.83. The molecule has 10 heteroatoms. The van der Waals surface area contributed by atoms with Crippen molar-refractivity contribution >= 4 is 39.9 Å². The van der Waals surface area contributed by atoms with Crippen LogP contribution in [-0.2, 0) is 4.79 Å². The molecule has 2 heterocycles. The van der Waals surface area contributed by atoms with Gasteiger partial charge in [-0.1, -0.05) is 24.3 Å². The molecule has 2 aromatic carbocycles. The Morgan fingerprint density at radius 2 is 1.81 bits per heavy atom. The van der Waals surface area contributed by atoms with Gasteiger partial charge >= 0.3 is 0 Å². The van der Waals surface area contributed by atoms with Gasteiger partial charge in [-0.05, 0) is 18.6 Å². The summed E-state index contributed by atoms with van der Waals surface area (Å²) in [5, 5.41) is 15.7. The predicted molar refractivity (Wildman–Crippen MR) is 114 cm³/mol. The lowest BCUT2D eigenvalue weighted by molar-refractivity contribution is -0.384. The number of benzene rings is 2. The quantitative estimate of drug-likeness (QED) is 0.342. The number of thiazole rings is 1. The lowest BCUT2D eigenvalue weighted by atomic mass is 10.1. The highest BCUT2D eigenvalue weighted by Gasteiger charge is 2.34. The van der Waals surface area contributed by atoms with Gasteiger partial charge in [-0.2, -0.15) is 0 Å². The van der Waals surface area contributed by atoms with Gasteiger partial charge in [0.2, 0.25) is 5.91 Å². The minimum absolute atomic E-state index is 0.0377. The fourth-order valence-electron chi connectivity index (χ4n) is 3.26. The van der Waals surface area contributed by atoms with Gasteiger partial charge in [0.15, 0.2) is 5.13 Å². The number of anilines is 1. The van der Waals surface area contributed by atoms with E-state index in [0.29, 0.717) is 33.9 Å². The number of imide groups is 1. The Labute approximate surface area is 180 Å². The van der Waals surface area contributed by atoms with Gasteiger partial charge in [0.1, 0.15) is 0 Å². The van der Waals surface area contributed by atoms with E-state index in [4.69, 9.17) is 0 Å². The van der Waals surface area contributed by atoms with Crippen LogP contribution in [0.2, 0.25) is 0 Å². The minimum atomic E-state index is -0.479. The molecule has 0 fully saturated rings. The Kier molecular flexibility index (Phi) is 5.54. The normalized spacial score (nSPS) is 12.7. The largest absolute Gasteiger partial charge is 0.302 e. The summed E-state index contributed by atoms with van der Waals surface area (Å²) in [5.74, 6) is -0.985. The van der Waals surface area contributed by atoms with Crippen LogP contribution in [0.3, 0.4) is 0 Å². The molecule has 0 aliphatic carbocycles. The third-order valence-electron chi connectivity index (χ3n) is 4.77. The molecule has 1 N–H and O–H groups in total. The van der Waals surface area contributed by atoms with Crippen molar-refractivity contribution in [2.24, 2.45) is 0 Å². The second-order valence-electron chi connectivity index (χ2n) is 6.80. The molecule has 9 nitrogen and oxygen atoms in total. The third-order valence-corrected chi connectivity index (χ3v) is 5.52. The number of carbonyl (C=O) groups excluding carboxylic acids is 3. The Balaban J connectivity index is 1.31. The first-order valence-corrected chi connectivity index (χ1v) is 10.3. The van der Waals surface area contributed by atoms with Crippen LogP contribution in [0.4, 0.5) is 10.8 Å². The van der Waals surface area contributed by atoms with Gasteiger partial charge in [-0.15, -0.1) is 11.3 Å². The number of fused-ring (bicyclic) bond motifs is 1. The molecule has 1 aliphatic rings. The van der Waals surface area contributed by atoms with E-state index < -0.39 is 4.92 Å². The van der Waals surface area contributed by atoms with E-state index in [0.717, 1.165) is 4.90 Å². The summed E-state index contributed by atoms with van der Waals surface area (Å²) in [7, 11) is 0. The smallest absolute Gasteiger partial charge is 0.270 e. The van der Waals surface area contributed by atoms with Gasteiger partial charge in [0.05, 0.1) is 21.7 Å². The van der Waals surface area contributed by atoms with Gasteiger partial charge in [-0.3, -0.25) is 29.4 Å². The molecule has 0 saturated carbocycles. The molecule has 3 amide bonds. The van der Waals surface area contributed by atoms with E-state index in [1.54, 1.807) is 41.8 Å². The predicted octanol–water partition coefficient (Wildman–Crippen LogP) is 3.73. The molecule has 4 rings (SSSR count). The van der Waals surface area contributed by atoms with Crippen molar-refractivity contribution in [3.8, 4) is 11.3 Å². The molecular weight excluding hydrogens is 420 g/mol. The molecule has 0 bridgehead atoms. The molecule has 1 aliphatic heterocycles. The molecule has 0 radical (unpaired) electrons. The molecule has 0 spiro atoms. The monoisotopic (exact) mass is 436 g/mol. The van der Waals surface area contributed by atoms with Gasteiger partial charge in [0.25, 0.3) is 17.5 Å². The van der Waals surface area contributed by atoms with Crippen LogP contribution >= 0.6 is 11.3 Å². The van der Waals surface area contributed by atoms with Crippen LogP contribution < -0.4 is 5.32 Å². The topological polar surface area (TPSA) is 123 Å². The highest BCUT2D eigenvalue weighted by molar-refractivity contribution is 7.14. The fourth-order valence-corrected chi connectivity index (χ4v) is 4.00. The Morgan fingerprint density at radius 3 is 2.48 bits per heavy atom. The van der Waals surface area contributed by atoms with E-state index >= 15 is 0 Å². The summed E-state index contributed by atoms with van der Waals surface area (Å²) < 4.78 is 0. The number of aromatic nitrogens is 1. The number of nitrogens with zero attached hydrogens (tertiary/aromatic N) is 3. The minimum Gasteiger partial charge on any atom is -0.302 e. The van der Waals surface area contributed by atoms with Gasteiger partial charge < -0.3 is 5.32 Å². The van der Waals surface area contributed by atoms with E-state index in [9.17, 15) is 24.5 Å². The molecule has 0 atom stereocenters. The maximum atomic E-state index is 12.3. The van der Waals surface area contributed by atoms with E-state index in [2.05, 4.69) is 10.3 Å². The lowest BCUT2D eigenvalue weighted by Crippen LogP contribution is -2.31. The fraction of sp³-hybridized carbons (Fsp3) is 0.143. The second-order valence-corrected chi connectivity index (χ2v) is 7.66. The molecular formula is C21H16N4O5S. The van der Waals surface area contributed by atoms with Crippen molar-refractivity contribution in [1.82, 2.24) is 9.88 Å². The number of hydrogen-bond donors (Lipinski definition) is 1. The highest BCUT2D eigenvalue weighted by Crippen LogP contribution is 2.28. The number of non-ortho nitro benzene ring substituents is 1. The maximum absolute atomic E-state index is 12.3. The summed E-state index contributed by atoms with van der Waals surface area (Å²) in [4.78, 5) is 52.8. The maximum Gasteiger partial charge on any atom is 0.270 e. The number of nitrogens with one attached hydrogen (secondary N) is 1. The van der Waals surface area contributed by atoms with Crippen LogP contribution in [0.25, 0.3) is 11.3 Å². The van der Waals surface area contributed by atoms with Gasteiger partial charge in [0, 0.05) is 36.0 Å². The number of carbonyl (C=O) groups is 3. The van der Waals surface area contributed by atoms with Crippen LogP contribution in [-0.4, -0.2) is 39.1 Å². The molecule has 31 heavy (non-hydrogen) atoms. The zero-order valence-corrected chi connectivity index (χ0v) is 16.9. The second kappa shape index (κ2) is 8.44. The zero-order chi connectivity index (χ0) is 22.0. The highest BCUT2D eigenvalue weighted by atomic mass is 32.1. The standard InChI is InChI=1S/C21H16N4O5S/c26-18(9-4-10-24-19(27)15-7-1-2-8-16(15)20(24)28)23-21-22-17(12-31-21)13-5-3-6-14(11-13)25(29)30/h1-3,5-8,11-12H,4,9-10H2,(H,22,23,26). The summed E-state index contributed by atoms with van der Waals surface area (Å²) >= 11 is 1.21. The third kappa shape index (κ3) is 4.19.